The summed E-state index contributed by atoms with van der Waals surface area (Å²) in [5.41, 5.74) is 7.98. The van der Waals surface area contributed by atoms with Crippen molar-refractivity contribution < 1.29 is 4.79 Å². The van der Waals surface area contributed by atoms with Gasteiger partial charge in [0, 0.05) is 18.5 Å². The Morgan fingerprint density at radius 2 is 2.38 bits per heavy atom. The van der Waals surface area contributed by atoms with E-state index in [1.54, 1.807) is 0 Å². The molecule has 0 aliphatic carbocycles. The second-order valence-electron chi connectivity index (χ2n) is 5.75. The van der Waals surface area contributed by atoms with Crippen LogP contribution >= 0.6 is 0 Å². The van der Waals surface area contributed by atoms with Crippen LogP contribution < -0.4 is 11.1 Å². The quantitative estimate of drug-likeness (QED) is 0.751. The van der Waals surface area contributed by atoms with Crippen molar-refractivity contribution in [2.24, 2.45) is 5.92 Å². The van der Waals surface area contributed by atoms with Gasteiger partial charge in [0.05, 0.1) is 11.2 Å². The second kappa shape index (κ2) is 5.77. The number of hydrogen-bond acceptors (Lipinski definition) is 3. The first-order valence-electron chi connectivity index (χ1n) is 7.55. The molecule has 1 aliphatic heterocycles. The minimum atomic E-state index is -0.0550. The maximum Gasteiger partial charge on any atom is 0.267 e. The van der Waals surface area contributed by atoms with E-state index in [2.05, 4.69) is 22.1 Å². The second-order valence-corrected chi connectivity index (χ2v) is 5.75. The zero-order valence-electron chi connectivity index (χ0n) is 12.4. The molecule has 3 rings (SSSR count). The highest BCUT2D eigenvalue weighted by atomic mass is 16.1. The summed E-state index contributed by atoms with van der Waals surface area (Å²) in [7, 11) is 0. The van der Waals surface area contributed by atoms with Gasteiger partial charge in [0.2, 0.25) is 0 Å². The van der Waals surface area contributed by atoms with Gasteiger partial charge < -0.3 is 20.9 Å². The Balaban J connectivity index is 1.63. The van der Waals surface area contributed by atoms with Crippen molar-refractivity contribution in [3.63, 3.8) is 0 Å². The third-order valence-electron chi connectivity index (χ3n) is 4.30. The van der Waals surface area contributed by atoms with Gasteiger partial charge in [-0.2, -0.15) is 0 Å². The van der Waals surface area contributed by atoms with Crippen molar-refractivity contribution >= 4 is 22.5 Å². The van der Waals surface area contributed by atoms with Crippen LogP contribution in [0.5, 0.6) is 0 Å². The summed E-state index contributed by atoms with van der Waals surface area (Å²) >= 11 is 0. The molecule has 1 aliphatic rings. The lowest BCUT2D eigenvalue weighted by molar-refractivity contribution is 0.0943. The van der Waals surface area contributed by atoms with Gasteiger partial charge in [-0.15, -0.1) is 0 Å². The van der Waals surface area contributed by atoms with Gasteiger partial charge in [-0.1, -0.05) is 19.1 Å². The number of nitrogens with zero attached hydrogens (tertiary/aromatic N) is 1. The molecule has 112 valence electrons. The number of carbonyl (C=O) groups is 1. The van der Waals surface area contributed by atoms with Crippen LogP contribution in [0.3, 0.4) is 0 Å². The molecule has 2 aromatic rings. The van der Waals surface area contributed by atoms with Gasteiger partial charge >= 0.3 is 0 Å². The maximum atomic E-state index is 12.2. The van der Waals surface area contributed by atoms with Crippen LogP contribution in [0, 0.1) is 5.92 Å². The average Bonchev–Trinajstić information content (AvgIpc) is 3.12. The highest BCUT2D eigenvalue weighted by molar-refractivity contribution is 6.00. The minimum Gasteiger partial charge on any atom is -0.397 e. The molecule has 0 bridgehead atoms. The van der Waals surface area contributed by atoms with Crippen LogP contribution in [0.4, 0.5) is 5.69 Å². The van der Waals surface area contributed by atoms with Gasteiger partial charge in [-0.05, 0) is 37.6 Å². The van der Waals surface area contributed by atoms with E-state index in [1.165, 1.54) is 0 Å². The van der Waals surface area contributed by atoms with Crippen molar-refractivity contribution in [3.8, 4) is 0 Å². The van der Waals surface area contributed by atoms with Gasteiger partial charge in [-0.3, -0.25) is 4.79 Å². The number of nitrogens with one attached hydrogen (secondary N) is 2. The number of nitrogen functional groups attached to an aromatic ring is 1. The Morgan fingerprint density at radius 1 is 1.52 bits per heavy atom. The molecular weight excluding hydrogens is 264 g/mol. The number of amides is 1. The number of para-hydroxylation sites is 1. The predicted molar refractivity (Wildman–Crippen MR) is 85.3 cm³/mol. The van der Waals surface area contributed by atoms with Crippen molar-refractivity contribution in [2.75, 3.05) is 31.9 Å². The summed E-state index contributed by atoms with van der Waals surface area (Å²) in [6.45, 7) is 6.22. The third kappa shape index (κ3) is 2.88. The SMILES string of the molecule is CCN1CCC(CNC(=O)c2cc3cccc(N)c3[nH]2)C1. The zero-order chi connectivity index (χ0) is 14.8. The van der Waals surface area contributed by atoms with Crippen molar-refractivity contribution in [3.05, 3.63) is 30.0 Å². The first-order chi connectivity index (χ1) is 10.2. The van der Waals surface area contributed by atoms with Gasteiger partial charge in [0.15, 0.2) is 0 Å². The number of hydrogen-bond donors (Lipinski definition) is 3. The topological polar surface area (TPSA) is 74.2 Å². The zero-order valence-corrected chi connectivity index (χ0v) is 12.4. The molecule has 1 unspecified atom stereocenters. The van der Waals surface area contributed by atoms with Gasteiger partial charge in [-0.25, -0.2) is 0 Å². The lowest BCUT2D eigenvalue weighted by atomic mass is 10.1. The Bertz CT molecular complexity index is 649. The molecule has 1 atom stereocenters. The smallest absolute Gasteiger partial charge is 0.267 e. The number of aromatic amines is 1. The first-order valence-corrected chi connectivity index (χ1v) is 7.55. The fourth-order valence-corrected chi connectivity index (χ4v) is 3.00. The van der Waals surface area contributed by atoms with E-state index in [4.69, 9.17) is 5.73 Å². The number of aromatic nitrogens is 1. The lowest BCUT2D eigenvalue weighted by Gasteiger charge is -2.13. The molecule has 0 spiro atoms. The van der Waals surface area contributed by atoms with E-state index < -0.39 is 0 Å². The highest BCUT2D eigenvalue weighted by Gasteiger charge is 2.21. The predicted octanol–water partition coefficient (Wildman–Crippen LogP) is 1.82. The molecule has 5 nitrogen and oxygen atoms in total. The molecule has 1 saturated heterocycles. The molecule has 1 aromatic carbocycles. The Hall–Kier alpha value is -2.01. The summed E-state index contributed by atoms with van der Waals surface area (Å²) in [4.78, 5) is 17.8. The molecule has 4 N–H and O–H groups in total. The Labute approximate surface area is 124 Å². The fourth-order valence-electron chi connectivity index (χ4n) is 3.00. The van der Waals surface area contributed by atoms with E-state index in [9.17, 15) is 4.79 Å². The monoisotopic (exact) mass is 286 g/mol. The number of anilines is 1. The Kier molecular flexibility index (Phi) is 3.84. The molecule has 5 heteroatoms. The van der Waals surface area contributed by atoms with Crippen LogP contribution in [-0.4, -0.2) is 42.0 Å². The fraction of sp³-hybridized carbons (Fsp3) is 0.438. The van der Waals surface area contributed by atoms with Crippen molar-refractivity contribution in [1.82, 2.24) is 15.2 Å². The third-order valence-corrected chi connectivity index (χ3v) is 4.30. The average molecular weight is 286 g/mol. The van der Waals surface area contributed by atoms with E-state index in [-0.39, 0.29) is 5.91 Å². The number of rotatable bonds is 4. The van der Waals surface area contributed by atoms with Crippen LogP contribution in [0.15, 0.2) is 24.3 Å². The molecule has 1 aromatic heterocycles. The van der Waals surface area contributed by atoms with E-state index in [1.807, 2.05) is 24.3 Å². The molecule has 0 radical (unpaired) electrons. The number of fused-ring (bicyclic) bond motifs is 1. The summed E-state index contributed by atoms with van der Waals surface area (Å²) in [5, 5.41) is 4.00. The van der Waals surface area contributed by atoms with Crippen molar-refractivity contribution in [2.45, 2.75) is 13.3 Å². The van der Waals surface area contributed by atoms with Crippen LogP contribution in [0.1, 0.15) is 23.8 Å². The molecule has 1 fully saturated rings. The van der Waals surface area contributed by atoms with E-state index in [0.717, 1.165) is 43.5 Å². The molecular formula is C16H22N4O. The van der Waals surface area contributed by atoms with Crippen molar-refractivity contribution in [1.29, 1.82) is 0 Å². The molecule has 21 heavy (non-hydrogen) atoms. The normalized spacial score (nSPS) is 19.2. The van der Waals surface area contributed by atoms with E-state index >= 15 is 0 Å². The van der Waals surface area contributed by atoms with Crippen LogP contribution in [-0.2, 0) is 0 Å². The summed E-state index contributed by atoms with van der Waals surface area (Å²) in [6.07, 6.45) is 1.16. The van der Waals surface area contributed by atoms with Gasteiger partial charge in [0.1, 0.15) is 5.69 Å². The van der Waals surface area contributed by atoms with Crippen LogP contribution in [0.25, 0.3) is 10.9 Å². The maximum absolute atomic E-state index is 12.2. The number of benzene rings is 1. The molecule has 2 heterocycles. The molecule has 1 amide bonds. The molecule has 0 saturated carbocycles. The standard InChI is InChI=1S/C16H22N4O/c1-2-20-7-6-11(10-20)9-18-16(21)14-8-12-4-3-5-13(17)15(12)19-14/h3-5,8,11,19H,2,6-7,9-10,17H2,1H3,(H,18,21). The number of likely N-dealkylation sites (tertiary alicyclic amines) is 1. The van der Waals surface area contributed by atoms with Crippen LogP contribution in [0.2, 0.25) is 0 Å². The summed E-state index contributed by atoms with van der Waals surface area (Å²) in [6, 6.07) is 7.53. The summed E-state index contributed by atoms with van der Waals surface area (Å²) in [5.74, 6) is 0.504. The number of H-pyrrole nitrogens is 1. The minimum absolute atomic E-state index is 0.0550. The number of nitrogens with two attached hydrogens (primary N) is 1. The Morgan fingerprint density at radius 3 is 3.10 bits per heavy atom. The number of carbonyl (C=O) groups excluding carboxylic acids is 1. The van der Waals surface area contributed by atoms with Gasteiger partial charge in [0.25, 0.3) is 5.91 Å². The first kappa shape index (κ1) is 13.9. The van der Waals surface area contributed by atoms with E-state index in [0.29, 0.717) is 17.3 Å². The summed E-state index contributed by atoms with van der Waals surface area (Å²) < 4.78 is 0. The lowest BCUT2D eigenvalue weighted by Crippen LogP contribution is -2.31. The highest BCUT2D eigenvalue weighted by Crippen LogP contribution is 2.21. The largest absolute Gasteiger partial charge is 0.397 e.